The number of aromatic nitrogens is 1. The van der Waals surface area contributed by atoms with E-state index in [0.717, 1.165) is 19.3 Å². The van der Waals surface area contributed by atoms with E-state index >= 15 is 0 Å². The molecule has 9 rings (SSSR count). The zero-order valence-corrected chi connectivity index (χ0v) is 32.6. The van der Waals surface area contributed by atoms with E-state index in [2.05, 4.69) is 220 Å². The molecule has 0 saturated heterocycles. The van der Waals surface area contributed by atoms with Gasteiger partial charge in [-0.2, -0.15) is 4.57 Å². The van der Waals surface area contributed by atoms with Crippen LogP contribution in [0.1, 0.15) is 51.5 Å². The quantitative estimate of drug-likeness (QED) is 0.131. The van der Waals surface area contributed by atoms with Crippen LogP contribution < -0.4 is 4.57 Å². The minimum absolute atomic E-state index is 0.0870. The molecule has 2 heterocycles. The molecule has 0 fully saturated rings. The van der Waals surface area contributed by atoms with Crippen LogP contribution in [0.2, 0.25) is 0 Å². The van der Waals surface area contributed by atoms with Gasteiger partial charge in [-0.1, -0.05) is 148 Å². The average Bonchev–Trinajstić information content (AvgIpc) is 3.29. The van der Waals surface area contributed by atoms with Gasteiger partial charge >= 0.3 is 0 Å². The van der Waals surface area contributed by atoms with Crippen LogP contribution in [-0.4, -0.2) is 0 Å². The van der Waals surface area contributed by atoms with E-state index in [1.165, 1.54) is 83.6 Å². The molecule has 1 heteroatoms. The summed E-state index contributed by atoms with van der Waals surface area (Å²) < 4.78 is 2.59. The van der Waals surface area contributed by atoms with Crippen molar-refractivity contribution >= 4 is 0 Å². The smallest absolute Gasteiger partial charge is 0.192 e. The summed E-state index contributed by atoms with van der Waals surface area (Å²) in [4.78, 5) is 0. The number of hydrogen-bond donors (Lipinski definition) is 0. The van der Waals surface area contributed by atoms with Gasteiger partial charge in [0, 0.05) is 30.9 Å². The van der Waals surface area contributed by atoms with Crippen LogP contribution in [0.3, 0.4) is 0 Å². The first-order valence-corrected chi connectivity index (χ1v) is 20.3. The van der Waals surface area contributed by atoms with E-state index in [4.69, 9.17) is 0 Å². The number of nitrogens with zero attached hydrogens (tertiary/aromatic N) is 1. The van der Waals surface area contributed by atoms with Crippen molar-refractivity contribution in [1.29, 1.82) is 0 Å². The third-order valence-electron chi connectivity index (χ3n) is 12.4. The highest BCUT2D eigenvalue weighted by molar-refractivity contribution is 5.86. The van der Waals surface area contributed by atoms with Crippen molar-refractivity contribution in [2.75, 3.05) is 0 Å². The number of fused-ring (bicyclic) bond motifs is 3. The molecule has 0 bridgehead atoms. The van der Waals surface area contributed by atoms with E-state index < -0.39 is 0 Å². The molecule has 0 amide bonds. The summed E-state index contributed by atoms with van der Waals surface area (Å²) in [6.07, 6.45) is 5.66. The minimum atomic E-state index is 0.0870. The molecule has 1 aliphatic heterocycles. The SMILES string of the molecule is CCC1c2ccc(-c3cccc(-c4cc(-c5cccc(-c6ccccc6)c5)cc(-c5cccc(-c6ccccc6)c5)c4)c3)cc2-c2cccc[n+]2C1(CC)CC. The van der Waals surface area contributed by atoms with Crippen LogP contribution in [0.15, 0.2) is 194 Å². The normalized spacial score (nSPS) is 14.2. The van der Waals surface area contributed by atoms with Gasteiger partial charge in [0.05, 0.1) is 5.56 Å². The Morgan fingerprint density at radius 3 is 1.23 bits per heavy atom. The molecule has 1 aliphatic rings. The largest absolute Gasteiger partial charge is 0.213 e. The van der Waals surface area contributed by atoms with Crippen molar-refractivity contribution in [2.24, 2.45) is 0 Å². The van der Waals surface area contributed by atoms with Crippen LogP contribution in [0, 0.1) is 0 Å². The molecular formula is C55H48N+. The van der Waals surface area contributed by atoms with Gasteiger partial charge in [0.1, 0.15) is 0 Å². The van der Waals surface area contributed by atoms with Gasteiger partial charge in [-0.05, 0) is 127 Å². The number of hydrogen-bond acceptors (Lipinski definition) is 0. The fourth-order valence-corrected chi connectivity index (χ4v) is 9.48. The molecule has 0 spiro atoms. The Bertz CT molecular complexity index is 2550. The van der Waals surface area contributed by atoms with Crippen molar-refractivity contribution in [3.05, 3.63) is 200 Å². The first-order valence-electron chi connectivity index (χ1n) is 20.3. The van der Waals surface area contributed by atoms with Gasteiger partial charge in [-0.3, -0.25) is 0 Å². The molecule has 8 aromatic rings. The van der Waals surface area contributed by atoms with Crippen LogP contribution >= 0.6 is 0 Å². The molecule has 0 aliphatic carbocycles. The molecule has 0 saturated carbocycles. The highest BCUT2D eigenvalue weighted by atomic mass is 15.1. The molecule has 1 aromatic heterocycles. The molecule has 272 valence electrons. The molecule has 56 heavy (non-hydrogen) atoms. The van der Waals surface area contributed by atoms with Crippen LogP contribution in [0.25, 0.3) is 78.0 Å². The molecular weight excluding hydrogens is 675 g/mol. The van der Waals surface area contributed by atoms with Crippen molar-refractivity contribution in [3.8, 4) is 78.0 Å². The molecule has 1 nitrogen and oxygen atoms in total. The average molecular weight is 723 g/mol. The van der Waals surface area contributed by atoms with E-state index in [9.17, 15) is 0 Å². The Morgan fingerprint density at radius 2 is 0.768 bits per heavy atom. The monoisotopic (exact) mass is 722 g/mol. The Morgan fingerprint density at radius 1 is 0.375 bits per heavy atom. The van der Waals surface area contributed by atoms with Crippen LogP contribution in [0.4, 0.5) is 0 Å². The lowest BCUT2D eigenvalue weighted by Gasteiger charge is -2.39. The van der Waals surface area contributed by atoms with Crippen LogP contribution in [-0.2, 0) is 5.54 Å². The summed E-state index contributed by atoms with van der Waals surface area (Å²) in [5, 5.41) is 0. The van der Waals surface area contributed by atoms with Gasteiger partial charge in [0.25, 0.3) is 0 Å². The van der Waals surface area contributed by atoms with E-state index in [0.29, 0.717) is 5.92 Å². The van der Waals surface area contributed by atoms with E-state index in [1.54, 1.807) is 0 Å². The van der Waals surface area contributed by atoms with Gasteiger partial charge in [-0.25, -0.2) is 0 Å². The Labute approximate surface area is 332 Å². The Balaban J connectivity index is 1.17. The van der Waals surface area contributed by atoms with E-state index in [-0.39, 0.29) is 5.54 Å². The third kappa shape index (κ3) is 6.38. The summed E-state index contributed by atoms with van der Waals surface area (Å²) in [6, 6.07) is 69.4. The van der Waals surface area contributed by atoms with Crippen molar-refractivity contribution < 1.29 is 4.57 Å². The van der Waals surface area contributed by atoms with Crippen molar-refractivity contribution in [2.45, 2.75) is 51.5 Å². The van der Waals surface area contributed by atoms with Crippen molar-refractivity contribution in [1.82, 2.24) is 0 Å². The zero-order valence-electron chi connectivity index (χ0n) is 32.6. The lowest BCUT2D eigenvalue weighted by molar-refractivity contribution is -0.762. The summed E-state index contributed by atoms with van der Waals surface area (Å²) in [7, 11) is 0. The maximum absolute atomic E-state index is 2.59. The van der Waals surface area contributed by atoms with Gasteiger partial charge in [0.15, 0.2) is 11.7 Å². The Hall–Kier alpha value is -6.31. The fraction of sp³-hybridized carbons (Fsp3) is 0.145. The minimum Gasteiger partial charge on any atom is -0.192 e. The maximum Gasteiger partial charge on any atom is 0.213 e. The molecule has 1 atom stereocenters. The number of pyridine rings is 1. The summed E-state index contributed by atoms with van der Waals surface area (Å²) >= 11 is 0. The van der Waals surface area contributed by atoms with Gasteiger partial charge in [-0.15, -0.1) is 0 Å². The summed E-state index contributed by atoms with van der Waals surface area (Å²) in [5.41, 5.74) is 18.8. The highest BCUT2D eigenvalue weighted by Crippen LogP contribution is 2.48. The van der Waals surface area contributed by atoms with Crippen molar-refractivity contribution in [3.63, 3.8) is 0 Å². The topological polar surface area (TPSA) is 3.88 Å². The predicted molar refractivity (Wildman–Crippen MR) is 236 cm³/mol. The standard InChI is InChI=1S/C55H48N/c1-4-53-51-30-29-47(38-52(51)54-28-13-14-31-56(54)55(53,5-2)6-3)43-24-17-27-46(34-43)50-36-48(44-25-15-22-41(32-44)39-18-9-7-10-19-39)35-49(37-50)45-26-16-23-42(33-45)40-20-11-8-12-21-40/h7-38,53H,4-6H2,1-3H3/q+1. The highest BCUT2D eigenvalue weighted by Gasteiger charge is 2.50. The van der Waals surface area contributed by atoms with Gasteiger partial charge < -0.3 is 0 Å². The first kappa shape index (κ1) is 35.4. The lowest BCUT2D eigenvalue weighted by Crippen LogP contribution is -2.62. The van der Waals surface area contributed by atoms with Crippen LogP contribution in [0.5, 0.6) is 0 Å². The molecule has 7 aromatic carbocycles. The number of benzene rings is 7. The second-order valence-electron chi connectivity index (χ2n) is 15.3. The Kier molecular flexibility index (Phi) is 9.53. The predicted octanol–water partition coefficient (Wildman–Crippen LogP) is 14.7. The molecule has 0 N–H and O–H groups in total. The molecule has 1 unspecified atom stereocenters. The summed E-state index contributed by atoms with van der Waals surface area (Å²) in [6.45, 7) is 7.08. The second kappa shape index (κ2) is 15.1. The second-order valence-corrected chi connectivity index (χ2v) is 15.3. The molecule has 0 radical (unpaired) electrons. The third-order valence-corrected chi connectivity index (χ3v) is 12.4. The number of rotatable bonds is 9. The lowest BCUT2D eigenvalue weighted by atomic mass is 9.69. The van der Waals surface area contributed by atoms with Gasteiger partial charge in [0.2, 0.25) is 5.69 Å². The fourth-order valence-electron chi connectivity index (χ4n) is 9.48. The zero-order chi connectivity index (χ0) is 38.1. The first-order chi connectivity index (χ1) is 27.6. The summed E-state index contributed by atoms with van der Waals surface area (Å²) in [5.74, 6) is 0.467. The van der Waals surface area contributed by atoms with E-state index in [1.807, 2.05) is 0 Å². The maximum atomic E-state index is 2.59.